The van der Waals surface area contributed by atoms with Crippen LogP contribution < -0.4 is 10.6 Å². The molecule has 3 rings (SSSR count). The first kappa shape index (κ1) is 15.0. The molecule has 0 amide bonds. The lowest BCUT2D eigenvalue weighted by molar-refractivity contribution is 0.103. The Balaban J connectivity index is 1.55. The predicted molar refractivity (Wildman–Crippen MR) is 86.7 cm³/mol. The lowest BCUT2D eigenvalue weighted by atomic mass is 9.73. The highest BCUT2D eigenvalue weighted by molar-refractivity contribution is 5.27. The normalized spacial score (nSPS) is 25.0. The number of ether oxygens (including phenoxy) is 1. The van der Waals surface area contributed by atoms with Crippen LogP contribution in [0.3, 0.4) is 0 Å². The van der Waals surface area contributed by atoms with Crippen LogP contribution >= 0.6 is 0 Å². The van der Waals surface area contributed by atoms with Gasteiger partial charge in [-0.2, -0.15) is 0 Å². The third kappa shape index (κ3) is 3.85. The van der Waals surface area contributed by atoms with Gasteiger partial charge in [0, 0.05) is 18.6 Å². The summed E-state index contributed by atoms with van der Waals surface area (Å²) in [4.78, 5) is 0. The standard InChI is InChI=1S/C18H28N2O/c1-2-5-16(6-3-1)18(9-12-19-13-10-18)15-20-11-8-17-7-4-14-21-17/h1-3,5-6,17,19-20H,4,7-15H2. The van der Waals surface area contributed by atoms with Gasteiger partial charge in [-0.3, -0.25) is 0 Å². The smallest absolute Gasteiger partial charge is 0.0588 e. The van der Waals surface area contributed by atoms with Gasteiger partial charge in [0.2, 0.25) is 0 Å². The summed E-state index contributed by atoms with van der Waals surface area (Å²) in [5.74, 6) is 0. The average Bonchev–Trinajstić information content (AvgIpc) is 3.07. The fourth-order valence-electron chi connectivity index (χ4n) is 3.73. The van der Waals surface area contributed by atoms with E-state index in [2.05, 4.69) is 41.0 Å². The summed E-state index contributed by atoms with van der Waals surface area (Å²) >= 11 is 0. The van der Waals surface area contributed by atoms with Crippen LogP contribution in [0.4, 0.5) is 0 Å². The van der Waals surface area contributed by atoms with Gasteiger partial charge in [-0.15, -0.1) is 0 Å². The molecule has 2 heterocycles. The molecule has 0 bridgehead atoms. The molecular formula is C18H28N2O. The molecule has 0 aromatic heterocycles. The molecule has 3 heteroatoms. The van der Waals surface area contributed by atoms with Gasteiger partial charge < -0.3 is 15.4 Å². The summed E-state index contributed by atoms with van der Waals surface area (Å²) in [7, 11) is 0. The molecule has 2 aliphatic heterocycles. The number of benzene rings is 1. The molecule has 3 nitrogen and oxygen atoms in total. The Morgan fingerprint density at radius 3 is 2.71 bits per heavy atom. The molecule has 21 heavy (non-hydrogen) atoms. The molecule has 1 aromatic carbocycles. The van der Waals surface area contributed by atoms with Crippen molar-refractivity contribution in [2.24, 2.45) is 0 Å². The molecule has 0 aliphatic carbocycles. The maximum atomic E-state index is 5.70. The van der Waals surface area contributed by atoms with Crippen LogP contribution in [0.1, 0.15) is 37.7 Å². The van der Waals surface area contributed by atoms with Crippen molar-refractivity contribution in [1.82, 2.24) is 10.6 Å². The zero-order valence-corrected chi connectivity index (χ0v) is 12.9. The highest BCUT2D eigenvalue weighted by atomic mass is 16.5. The molecule has 0 radical (unpaired) electrons. The Bertz CT molecular complexity index is 408. The van der Waals surface area contributed by atoms with E-state index in [0.717, 1.165) is 39.2 Å². The van der Waals surface area contributed by atoms with Crippen LogP contribution in [0.2, 0.25) is 0 Å². The van der Waals surface area contributed by atoms with Crippen molar-refractivity contribution in [2.75, 3.05) is 32.8 Å². The van der Waals surface area contributed by atoms with Crippen molar-refractivity contribution in [2.45, 2.75) is 43.6 Å². The van der Waals surface area contributed by atoms with E-state index in [1.165, 1.54) is 31.2 Å². The Kier molecular flexibility index (Phi) is 5.28. The molecule has 2 fully saturated rings. The molecule has 0 saturated carbocycles. The molecule has 2 saturated heterocycles. The zero-order chi connectivity index (χ0) is 14.4. The second kappa shape index (κ2) is 7.39. The highest BCUT2D eigenvalue weighted by Crippen LogP contribution is 2.32. The Hall–Kier alpha value is -0.900. The van der Waals surface area contributed by atoms with Crippen LogP contribution in [0, 0.1) is 0 Å². The van der Waals surface area contributed by atoms with Crippen LogP contribution in [-0.2, 0) is 10.2 Å². The van der Waals surface area contributed by atoms with Crippen LogP contribution in [0.25, 0.3) is 0 Å². The summed E-state index contributed by atoms with van der Waals surface area (Å²) in [5.41, 5.74) is 1.80. The minimum absolute atomic E-state index is 0.309. The predicted octanol–water partition coefficient (Wildman–Crippen LogP) is 2.47. The minimum Gasteiger partial charge on any atom is -0.378 e. The molecule has 116 valence electrons. The summed E-state index contributed by atoms with van der Waals surface area (Å²) in [5, 5.41) is 7.21. The second-order valence-corrected chi connectivity index (χ2v) is 6.50. The molecule has 1 atom stereocenters. The maximum absolute atomic E-state index is 5.70. The maximum Gasteiger partial charge on any atom is 0.0588 e. The van der Waals surface area contributed by atoms with Gasteiger partial charge in [-0.1, -0.05) is 30.3 Å². The minimum atomic E-state index is 0.309. The van der Waals surface area contributed by atoms with Gasteiger partial charge in [0.15, 0.2) is 0 Å². The van der Waals surface area contributed by atoms with Gasteiger partial charge in [-0.05, 0) is 57.3 Å². The average molecular weight is 288 g/mol. The molecule has 1 aromatic rings. The second-order valence-electron chi connectivity index (χ2n) is 6.50. The van der Waals surface area contributed by atoms with E-state index in [1.54, 1.807) is 0 Å². The number of hydrogen-bond donors (Lipinski definition) is 2. The summed E-state index contributed by atoms with van der Waals surface area (Å²) in [6.45, 7) is 5.38. The zero-order valence-electron chi connectivity index (χ0n) is 12.9. The fourth-order valence-corrected chi connectivity index (χ4v) is 3.73. The number of rotatable bonds is 6. The van der Waals surface area contributed by atoms with E-state index >= 15 is 0 Å². The summed E-state index contributed by atoms with van der Waals surface area (Å²) in [6, 6.07) is 11.1. The number of nitrogens with one attached hydrogen (secondary N) is 2. The van der Waals surface area contributed by atoms with Gasteiger partial charge in [0.25, 0.3) is 0 Å². The molecule has 0 spiro atoms. The van der Waals surface area contributed by atoms with Gasteiger partial charge in [-0.25, -0.2) is 0 Å². The third-order valence-electron chi connectivity index (χ3n) is 5.08. The van der Waals surface area contributed by atoms with E-state index in [9.17, 15) is 0 Å². The van der Waals surface area contributed by atoms with Crippen LogP contribution in [-0.4, -0.2) is 38.9 Å². The molecule has 2 aliphatic rings. The van der Waals surface area contributed by atoms with Crippen LogP contribution in [0.5, 0.6) is 0 Å². The van der Waals surface area contributed by atoms with Crippen LogP contribution in [0.15, 0.2) is 30.3 Å². The van der Waals surface area contributed by atoms with Crippen molar-refractivity contribution in [3.05, 3.63) is 35.9 Å². The van der Waals surface area contributed by atoms with E-state index in [4.69, 9.17) is 4.74 Å². The third-order valence-corrected chi connectivity index (χ3v) is 5.08. The van der Waals surface area contributed by atoms with Gasteiger partial charge in [0.05, 0.1) is 6.10 Å². The van der Waals surface area contributed by atoms with Crippen molar-refractivity contribution < 1.29 is 4.74 Å². The van der Waals surface area contributed by atoms with Gasteiger partial charge >= 0.3 is 0 Å². The van der Waals surface area contributed by atoms with Crippen molar-refractivity contribution in [1.29, 1.82) is 0 Å². The Morgan fingerprint density at radius 2 is 2.00 bits per heavy atom. The quantitative estimate of drug-likeness (QED) is 0.789. The lowest BCUT2D eigenvalue weighted by Gasteiger charge is -2.38. The highest BCUT2D eigenvalue weighted by Gasteiger charge is 2.33. The summed E-state index contributed by atoms with van der Waals surface area (Å²) in [6.07, 6.45) is 6.59. The Labute approximate surface area is 128 Å². The first-order chi connectivity index (χ1) is 10.4. The first-order valence-electron chi connectivity index (χ1n) is 8.48. The van der Waals surface area contributed by atoms with E-state index in [1.807, 2.05) is 0 Å². The van der Waals surface area contributed by atoms with Crippen molar-refractivity contribution in [3.63, 3.8) is 0 Å². The van der Waals surface area contributed by atoms with Gasteiger partial charge in [0.1, 0.15) is 0 Å². The number of hydrogen-bond acceptors (Lipinski definition) is 3. The van der Waals surface area contributed by atoms with Crippen molar-refractivity contribution >= 4 is 0 Å². The Morgan fingerprint density at radius 1 is 1.19 bits per heavy atom. The first-order valence-corrected chi connectivity index (χ1v) is 8.48. The van der Waals surface area contributed by atoms with E-state index in [-0.39, 0.29) is 0 Å². The molecular weight excluding hydrogens is 260 g/mol. The fraction of sp³-hybridized carbons (Fsp3) is 0.667. The van der Waals surface area contributed by atoms with E-state index in [0.29, 0.717) is 11.5 Å². The topological polar surface area (TPSA) is 33.3 Å². The largest absolute Gasteiger partial charge is 0.378 e. The molecule has 1 unspecified atom stereocenters. The lowest BCUT2D eigenvalue weighted by Crippen LogP contribution is -2.46. The van der Waals surface area contributed by atoms with Crippen molar-refractivity contribution in [3.8, 4) is 0 Å². The monoisotopic (exact) mass is 288 g/mol. The SMILES string of the molecule is c1ccc(C2(CNCCC3CCCO3)CCNCC2)cc1. The van der Waals surface area contributed by atoms with E-state index < -0.39 is 0 Å². The summed E-state index contributed by atoms with van der Waals surface area (Å²) < 4.78 is 5.70. The number of piperidine rings is 1. The molecule has 2 N–H and O–H groups in total.